The maximum atomic E-state index is 11.5. The summed E-state index contributed by atoms with van der Waals surface area (Å²) in [6.07, 6.45) is 0.139. The molecule has 0 saturated heterocycles. The van der Waals surface area contributed by atoms with Crippen molar-refractivity contribution in [1.29, 1.82) is 0 Å². The van der Waals surface area contributed by atoms with Crippen LogP contribution in [-0.4, -0.2) is 18.4 Å². The van der Waals surface area contributed by atoms with Gasteiger partial charge in [-0.05, 0) is 12.1 Å². The highest BCUT2D eigenvalue weighted by atomic mass is 32.1. The summed E-state index contributed by atoms with van der Waals surface area (Å²) in [6.45, 7) is 0.246. The quantitative estimate of drug-likeness (QED) is 0.655. The fourth-order valence-corrected chi connectivity index (χ4v) is 1.32. The van der Waals surface area contributed by atoms with Crippen molar-refractivity contribution in [2.75, 3.05) is 6.54 Å². The van der Waals surface area contributed by atoms with Crippen LogP contribution in [0.1, 0.15) is 16.8 Å². The predicted molar refractivity (Wildman–Crippen MR) is 59.8 cm³/mol. The summed E-state index contributed by atoms with van der Waals surface area (Å²) in [5.74, 6) is -0.684. The summed E-state index contributed by atoms with van der Waals surface area (Å²) in [5, 5.41) is 2.58. The minimum Gasteiger partial charge on any atom is -0.370 e. The molecule has 4 nitrogen and oxygen atoms in total. The molecule has 0 bridgehead atoms. The van der Waals surface area contributed by atoms with E-state index in [0.717, 1.165) is 0 Å². The van der Waals surface area contributed by atoms with Gasteiger partial charge >= 0.3 is 0 Å². The van der Waals surface area contributed by atoms with Crippen LogP contribution in [-0.2, 0) is 4.79 Å². The lowest BCUT2D eigenvalue weighted by molar-refractivity contribution is -0.117. The van der Waals surface area contributed by atoms with E-state index in [9.17, 15) is 9.59 Å². The van der Waals surface area contributed by atoms with Gasteiger partial charge < -0.3 is 11.1 Å². The second-order valence-corrected chi connectivity index (χ2v) is 3.47. The van der Waals surface area contributed by atoms with Crippen molar-refractivity contribution in [3.05, 3.63) is 29.8 Å². The van der Waals surface area contributed by atoms with Crippen molar-refractivity contribution in [2.24, 2.45) is 5.73 Å². The van der Waals surface area contributed by atoms with Crippen molar-refractivity contribution in [1.82, 2.24) is 5.32 Å². The number of carbonyl (C=O) groups is 2. The minimum atomic E-state index is -0.436. The van der Waals surface area contributed by atoms with Crippen LogP contribution in [0.15, 0.2) is 29.2 Å². The Hall–Kier alpha value is -1.49. The van der Waals surface area contributed by atoms with Gasteiger partial charge in [-0.15, -0.1) is 12.6 Å². The molecule has 15 heavy (non-hydrogen) atoms. The van der Waals surface area contributed by atoms with E-state index >= 15 is 0 Å². The van der Waals surface area contributed by atoms with Crippen LogP contribution in [0.5, 0.6) is 0 Å². The molecule has 80 valence electrons. The Balaban J connectivity index is 2.54. The SMILES string of the molecule is NC(=O)CCNC(=O)c1ccccc1S. The molecule has 0 heterocycles. The van der Waals surface area contributed by atoms with Gasteiger partial charge in [-0.25, -0.2) is 0 Å². The number of hydrogen-bond donors (Lipinski definition) is 3. The molecule has 0 saturated carbocycles. The van der Waals surface area contributed by atoms with Gasteiger partial charge in [-0.1, -0.05) is 12.1 Å². The van der Waals surface area contributed by atoms with E-state index in [1.54, 1.807) is 24.3 Å². The highest BCUT2D eigenvalue weighted by Gasteiger charge is 2.07. The summed E-state index contributed by atoms with van der Waals surface area (Å²) in [7, 11) is 0. The number of primary amides is 1. The molecule has 0 aliphatic carbocycles. The second-order valence-electron chi connectivity index (χ2n) is 2.99. The standard InChI is InChI=1S/C10H12N2O2S/c11-9(13)5-6-12-10(14)7-3-1-2-4-8(7)15/h1-4,15H,5-6H2,(H2,11,13)(H,12,14). The largest absolute Gasteiger partial charge is 0.370 e. The summed E-state index contributed by atoms with van der Waals surface area (Å²) >= 11 is 4.15. The fourth-order valence-electron chi connectivity index (χ4n) is 1.06. The van der Waals surface area contributed by atoms with Gasteiger partial charge in [0.1, 0.15) is 0 Å². The molecule has 0 aromatic heterocycles. The normalized spacial score (nSPS) is 9.67. The molecule has 1 aromatic rings. The zero-order chi connectivity index (χ0) is 11.3. The lowest BCUT2D eigenvalue weighted by atomic mass is 10.2. The Morgan fingerprint density at radius 3 is 2.60 bits per heavy atom. The van der Waals surface area contributed by atoms with Crippen LogP contribution < -0.4 is 11.1 Å². The highest BCUT2D eigenvalue weighted by molar-refractivity contribution is 7.80. The highest BCUT2D eigenvalue weighted by Crippen LogP contribution is 2.12. The first-order chi connectivity index (χ1) is 7.11. The number of rotatable bonds is 4. The molecule has 3 N–H and O–H groups in total. The van der Waals surface area contributed by atoms with E-state index in [2.05, 4.69) is 17.9 Å². The zero-order valence-corrected chi connectivity index (χ0v) is 8.96. The second kappa shape index (κ2) is 5.41. The van der Waals surface area contributed by atoms with Gasteiger partial charge in [-0.2, -0.15) is 0 Å². The van der Waals surface area contributed by atoms with E-state index < -0.39 is 5.91 Å². The van der Waals surface area contributed by atoms with Crippen LogP contribution in [0, 0.1) is 0 Å². The Morgan fingerprint density at radius 1 is 1.33 bits per heavy atom. The lowest BCUT2D eigenvalue weighted by Gasteiger charge is -2.05. The number of carbonyl (C=O) groups excluding carboxylic acids is 2. The van der Waals surface area contributed by atoms with E-state index in [1.807, 2.05) is 0 Å². The summed E-state index contributed by atoms with van der Waals surface area (Å²) in [6, 6.07) is 6.94. The molecule has 0 aliphatic rings. The number of hydrogen-bond acceptors (Lipinski definition) is 3. The van der Waals surface area contributed by atoms with Crippen LogP contribution >= 0.6 is 12.6 Å². The Labute approximate surface area is 93.3 Å². The van der Waals surface area contributed by atoms with Crippen LogP contribution in [0.25, 0.3) is 0 Å². The van der Waals surface area contributed by atoms with Gasteiger partial charge in [0.25, 0.3) is 5.91 Å². The summed E-state index contributed by atoms with van der Waals surface area (Å²) in [4.78, 5) is 22.6. The first-order valence-corrected chi connectivity index (χ1v) is 4.90. The number of nitrogens with one attached hydrogen (secondary N) is 1. The van der Waals surface area contributed by atoms with Crippen molar-refractivity contribution < 1.29 is 9.59 Å². The van der Waals surface area contributed by atoms with E-state index in [4.69, 9.17) is 5.73 Å². The van der Waals surface area contributed by atoms with E-state index in [1.165, 1.54) is 0 Å². The third-order valence-electron chi connectivity index (χ3n) is 1.81. The van der Waals surface area contributed by atoms with Gasteiger partial charge in [0.2, 0.25) is 5.91 Å². The molecular weight excluding hydrogens is 212 g/mol. The third kappa shape index (κ3) is 3.63. The maximum absolute atomic E-state index is 11.5. The summed E-state index contributed by atoms with van der Waals surface area (Å²) < 4.78 is 0. The lowest BCUT2D eigenvalue weighted by Crippen LogP contribution is -2.28. The molecule has 5 heteroatoms. The van der Waals surface area contributed by atoms with Crippen molar-refractivity contribution in [2.45, 2.75) is 11.3 Å². The smallest absolute Gasteiger partial charge is 0.252 e. The van der Waals surface area contributed by atoms with Crippen LogP contribution in [0.2, 0.25) is 0 Å². The molecule has 0 radical (unpaired) electrons. The number of thiol groups is 1. The fraction of sp³-hybridized carbons (Fsp3) is 0.200. The van der Waals surface area contributed by atoms with Crippen molar-refractivity contribution in [3.8, 4) is 0 Å². The number of nitrogens with two attached hydrogens (primary N) is 1. The third-order valence-corrected chi connectivity index (χ3v) is 2.20. The molecule has 1 aromatic carbocycles. The van der Waals surface area contributed by atoms with E-state index in [0.29, 0.717) is 10.5 Å². The van der Waals surface area contributed by atoms with Crippen molar-refractivity contribution >= 4 is 24.4 Å². The minimum absolute atomic E-state index is 0.139. The average molecular weight is 224 g/mol. The first kappa shape index (κ1) is 11.6. The Kier molecular flexibility index (Phi) is 4.17. The van der Waals surface area contributed by atoms with Gasteiger partial charge in [0.05, 0.1) is 5.56 Å². The molecule has 0 atom stereocenters. The van der Waals surface area contributed by atoms with E-state index in [-0.39, 0.29) is 18.9 Å². The van der Waals surface area contributed by atoms with Crippen molar-refractivity contribution in [3.63, 3.8) is 0 Å². The molecule has 0 fully saturated rings. The van der Waals surface area contributed by atoms with Gasteiger partial charge in [-0.3, -0.25) is 9.59 Å². The first-order valence-electron chi connectivity index (χ1n) is 4.45. The predicted octanol–water partition coefficient (Wildman–Crippen LogP) is 0.580. The molecular formula is C10H12N2O2S. The Morgan fingerprint density at radius 2 is 2.00 bits per heavy atom. The monoisotopic (exact) mass is 224 g/mol. The van der Waals surface area contributed by atoms with Crippen LogP contribution in [0.4, 0.5) is 0 Å². The zero-order valence-electron chi connectivity index (χ0n) is 8.06. The Bertz CT molecular complexity index is 379. The van der Waals surface area contributed by atoms with Gasteiger partial charge in [0, 0.05) is 17.9 Å². The molecule has 0 aliphatic heterocycles. The van der Waals surface area contributed by atoms with Crippen LogP contribution in [0.3, 0.4) is 0 Å². The molecule has 0 spiro atoms. The maximum Gasteiger partial charge on any atom is 0.252 e. The molecule has 1 rings (SSSR count). The molecule has 2 amide bonds. The topological polar surface area (TPSA) is 72.2 Å². The average Bonchev–Trinajstić information content (AvgIpc) is 2.17. The summed E-state index contributed by atoms with van der Waals surface area (Å²) in [5.41, 5.74) is 5.43. The number of amides is 2. The van der Waals surface area contributed by atoms with Gasteiger partial charge in [0.15, 0.2) is 0 Å². The number of benzene rings is 1. The molecule has 0 unspecified atom stereocenters.